The third-order valence-corrected chi connectivity index (χ3v) is 4.54. The number of barbiturate groups is 1. The second kappa shape index (κ2) is 8.75. The summed E-state index contributed by atoms with van der Waals surface area (Å²) in [6, 6.07) is 8.13. The van der Waals surface area contributed by atoms with Crippen LogP contribution in [0.2, 0.25) is 0 Å². The summed E-state index contributed by atoms with van der Waals surface area (Å²) in [5, 5.41) is 21.7. The monoisotopic (exact) mass is 489 g/mol. The summed E-state index contributed by atoms with van der Waals surface area (Å²) in [4.78, 5) is 59.1. The van der Waals surface area contributed by atoms with E-state index in [-0.39, 0.29) is 22.7 Å². The fraction of sp³-hybridized carbons (Fsp3) is 0.0526. The molecule has 1 aliphatic rings. The maximum atomic E-state index is 12.9. The SMILES string of the molecule is O=C(O)COc1ccc(Br)cc1/C=C1\C(=O)NC(=O)N(c2ccc([N+](=O)[O-])cc2)C1=O. The van der Waals surface area contributed by atoms with Crippen molar-refractivity contribution >= 4 is 57.2 Å². The maximum absolute atomic E-state index is 12.9. The average Bonchev–Trinajstić information content (AvgIpc) is 2.70. The summed E-state index contributed by atoms with van der Waals surface area (Å²) in [5.74, 6) is -3.05. The molecule has 4 amide bonds. The first kappa shape index (κ1) is 21.6. The van der Waals surface area contributed by atoms with Crippen molar-refractivity contribution in [3.8, 4) is 5.75 Å². The Morgan fingerprint density at radius 1 is 1.19 bits per heavy atom. The third kappa shape index (κ3) is 4.75. The number of aliphatic carboxylic acids is 1. The molecule has 1 saturated heterocycles. The molecule has 0 aliphatic carbocycles. The molecule has 2 N–H and O–H groups in total. The number of carbonyl (C=O) groups is 4. The van der Waals surface area contributed by atoms with Crippen molar-refractivity contribution in [2.75, 3.05) is 11.5 Å². The van der Waals surface area contributed by atoms with Crippen molar-refractivity contribution in [2.45, 2.75) is 0 Å². The minimum atomic E-state index is -1.22. The summed E-state index contributed by atoms with van der Waals surface area (Å²) < 4.78 is 5.75. The lowest BCUT2D eigenvalue weighted by molar-refractivity contribution is -0.384. The molecule has 0 atom stereocenters. The second-order valence-corrected chi connectivity index (χ2v) is 7.01. The lowest BCUT2D eigenvalue weighted by Crippen LogP contribution is -2.54. The van der Waals surface area contributed by atoms with Gasteiger partial charge in [-0.2, -0.15) is 0 Å². The number of benzene rings is 2. The van der Waals surface area contributed by atoms with Crippen molar-refractivity contribution in [3.05, 3.63) is 68.2 Å². The van der Waals surface area contributed by atoms with E-state index in [2.05, 4.69) is 15.9 Å². The number of amides is 4. The van der Waals surface area contributed by atoms with Gasteiger partial charge in [0.05, 0.1) is 10.6 Å². The number of halogens is 1. The number of rotatable bonds is 6. The molecule has 158 valence electrons. The van der Waals surface area contributed by atoms with E-state index in [9.17, 15) is 29.3 Å². The largest absolute Gasteiger partial charge is 0.481 e. The number of nitro groups is 1. The molecule has 1 aliphatic heterocycles. The number of urea groups is 1. The molecule has 11 nitrogen and oxygen atoms in total. The van der Waals surface area contributed by atoms with Crippen LogP contribution in [0.4, 0.5) is 16.2 Å². The quantitative estimate of drug-likeness (QED) is 0.271. The Bertz CT molecular complexity index is 1140. The summed E-state index contributed by atoms with van der Waals surface area (Å²) in [6.07, 6.45) is 1.16. The lowest BCUT2D eigenvalue weighted by Gasteiger charge is -2.26. The highest BCUT2D eigenvalue weighted by Crippen LogP contribution is 2.28. The van der Waals surface area contributed by atoms with E-state index in [1.165, 1.54) is 24.3 Å². The maximum Gasteiger partial charge on any atom is 0.341 e. The number of non-ortho nitro benzene ring substituents is 1. The lowest BCUT2D eigenvalue weighted by atomic mass is 10.1. The van der Waals surface area contributed by atoms with Crippen molar-refractivity contribution < 1.29 is 33.9 Å². The number of carbonyl (C=O) groups excluding carboxylic acids is 3. The summed E-state index contributed by atoms with van der Waals surface area (Å²) in [5.41, 5.74) is -0.429. The molecule has 2 aromatic carbocycles. The summed E-state index contributed by atoms with van der Waals surface area (Å²) in [6.45, 7) is -0.647. The molecule has 0 radical (unpaired) electrons. The van der Waals surface area contributed by atoms with Gasteiger partial charge in [0.15, 0.2) is 6.61 Å². The smallest absolute Gasteiger partial charge is 0.341 e. The first-order chi connectivity index (χ1) is 14.7. The Kier molecular flexibility index (Phi) is 6.11. The molecule has 0 spiro atoms. The molecule has 1 heterocycles. The molecule has 0 saturated carbocycles. The minimum absolute atomic E-state index is 0.0168. The molecular formula is C19H12BrN3O8. The predicted octanol–water partition coefficient (Wildman–Crippen LogP) is 2.49. The topological polar surface area (TPSA) is 156 Å². The fourth-order valence-electron chi connectivity index (χ4n) is 2.67. The van der Waals surface area contributed by atoms with Gasteiger partial charge in [0.25, 0.3) is 17.5 Å². The highest BCUT2D eigenvalue weighted by Gasteiger charge is 2.37. The summed E-state index contributed by atoms with van der Waals surface area (Å²) >= 11 is 3.24. The van der Waals surface area contributed by atoms with Gasteiger partial charge in [0.2, 0.25) is 0 Å². The average molecular weight is 490 g/mol. The van der Waals surface area contributed by atoms with Gasteiger partial charge in [-0.25, -0.2) is 14.5 Å². The Morgan fingerprint density at radius 3 is 2.48 bits per heavy atom. The number of anilines is 1. The first-order valence-corrected chi connectivity index (χ1v) is 9.26. The van der Waals surface area contributed by atoms with Crippen LogP contribution < -0.4 is 15.0 Å². The van der Waals surface area contributed by atoms with Crippen LogP contribution in [0.15, 0.2) is 52.5 Å². The van der Waals surface area contributed by atoms with Crippen molar-refractivity contribution in [1.29, 1.82) is 0 Å². The van der Waals surface area contributed by atoms with E-state index in [4.69, 9.17) is 9.84 Å². The van der Waals surface area contributed by atoms with Crippen LogP contribution in [0.25, 0.3) is 6.08 Å². The number of nitrogens with zero attached hydrogens (tertiary/aromatic N) is 2. The van der Waals surface area contributed by atoms with Gasteiger partial charge < -0.3 is 9.84 Å². The van der Waals surface area contributed by atoms with E-state index in [1.54, 1.807) is 6.07 Å². The Labute approximate surface area is 182 Å². The molecule has 0 aromatic heterocycles. The van der Waals surface area contributed by atoms with Gasteiger partial charge in [0.1, 0.15) is 11.3 Å². The van der Waals surface area contributed by atoms with Gasteiger partial charge in [-0.15, -0.1) is 0 Å². The van der Waals surface area contributed by atoms with Crippen molar-refractivity contribution in [3.63, 3.8) is 0 Å². The van der Waals surface area contributed by atoms with Crippen molar-refractivity contribution in [2.24, 2.45) is 0 Å². The number of imide groups is 2. The van der Waals surface area contributed by atoms with Crippen LogP contribution >= 0.6 is 15.9 Å². The first-order valence-electron chi connectivity index (χ1n) is 8.47. The van der Waals surface area contributed by atoms with E-state index in [1.807, 2.05) is 5.32 Å². The Hall–Kier alpha value is -4.06. The molecule has 12 heteroatoms. The van der Waals surface area contributed by atoms with Crippen LogP contribution in [0.5, 0.6) is 5.75 Å². The van der Waals surface area contributed by atoms with Crippen LogP contribution in [0.3, 0.4) is 0 Å². The van der Waals surface area contributed by atoms with Gasteiger partial charge in [0, 0.05) is 22.2 Å². The van der Waals surface area contributed by atoms with Gasteiger partial charge in [-0.1, -0.05) is 15.9 Å². The number of nitrogens with one attached hydrogen (secondary N) is 1. The van der Waals surface area contributed by atoms with Gasteiger partial charge in [-0.3, -0.25) is 25.0 Å². The Balaban J connectivity index is 2.00. The van der Waals surface area contributed by atoms with Crippen LogP contribution in [-0.2, 0) is 14.4 Å². The van der Waals surface area contributed by atoms with E-state index in [0.29, 0.717) is 9.37 Å². The predicted molar refractivity (Wildman–Crippen MR) is 109 cm³/mol. The standard InChI is InChI=1S/C19H12BrN3O8/c20-11-1-6-15(31-9-16(24)25)10(7-11)8-14-17(26)21-19(28)22(18(14)27)12-2-4-13(5-3-12)23(29)30/h1-8H,9H2,(H,24,25)(H,21,26,28)/b14-8+. The number of carboxylic acid groups (broad SMARTS) is 1. The van der Waals surface area contributed by atoms with E-state index in [0.717, 1.165) is 18.2 Å². The normalized spacial score (nSPS) is 15.1. The van der Waals surface area contributed by atoms with Gasteiger partial charge in [-0.05, 0) is 36.4 Å². The summed E-state index contributed by atoms with van der Waals surface area (Å²) in [7, 11) is 0. The molecule has 31 heavy (non-hydrogen) atoms. The minimum Gasteiger partial charge on any atom is -0.481 e. The number of hydrogen-bond donors (Lipinski definition) is 2. The Morgan fingerprint density at radius 2 is 1.87 bits per heavy atom. The number of nitro benzene ring substituents is 1. The number of carboxylic acids is 1. The third-order valence-electron chi connectivity index (χ3n) is 4.04. The number of hydrogen-bond acceptors (Lipinski definition) is 7. The van der Waals surface area contributed by atoms with Gasteiger partial charge >= 0.3 is 12.0 Å². The highest BCUT2D eigenvalue weighted by atomic mass is 79.9. The van der Waals surface area contributed by atoms with E-state index < -0.39 is 40.9 Å². The fourth-order valence-corrected chi connectivity index (χ4v) is 3.05. The molecule has 0 bridgehead atoms. The number of ether oxygens (including phenoxy) is 1. The molecule has 1 fully saturated rings. The molecule has 0 unspecified atom stereocenters. The zero-order chi connectivity index (χ0) is 22.7. The highest BCUT2D eigenvalue weighted by molar-refractivity contribution is 9.10. The molecule has 3 rings (SSSR count). The molecular weight excluding hydrogens is 478 g/mol. The van der Waals surface area contributed by atoms with E-state index >= 15 is 0 Å². The zero-order valence-electron chi connectivity index (χ0n) is 15.4. The van der Waals surface area contributed by atoms with Crippen LogP contribution in [-0.4, -0.2) is 40.5 Å². The second-order valence-electron chi connectivity index (χ2n) is 6.10. The van der Waals surface area contributed by atoms with Crippen LogP contribution in [0.1, 0.15) is 5.56 Å². The van der Waals surface area contributed by atoms with Crippen LogP contribution in [0, 0.1) is 10.1 Å². The van der Waals surface area contributed by atoms with Crippen molar-refractivity contribution in [1.82, 2.24) is 5.32 Å². The zero-order valence-corrected chi connectivity index (χ0v) is 17.0. The molecule has 2 aromatic rings.